The number of benzene rings is 2. The number of hydrogen-bond donors (Lipinski definition) is 2. The lowest BCUT2D eigenvalue weighted by atomic mass is 10.0. The van der Waals surface area contributed by atoms with E-state index in [0.717, 1.165) is 28.2 Å². The zero-order valence-electron chi connectivity index (χ0n) is 22.3. The van der Waals surface area contributed by atoms with E-state index in [0.29, 0.717) is 0 Å². The number of aromatic amines is 2. The summed E-state index contributed by atoms with van der Waals surface area (Å²) in [6.45, 7) is 0. The summed E-state index contributed by atoms with van der Waals surface area (Å²) in [4.78, 5) is 13.9. The average molecular weight is 578 g/mol. The molecule has 2 aromatic carbocycles. The molecule has 2 aliphatic heterocycles. The van der Waals surface area contributed by atoms with Crippen LogP contribution in [0.2, 0.25) is 0 Å². The molecule has 0 fully saturated rings. The van der Waals surface area contributed by atoms with E-state index in [9.17, 15) is 0 Å². The number of hydrogen-bond acceptors (Lipinski definition) is 5. The minimum absolute atomic E-state index is 0.769. The summed E-state index contributed by atoms with van der Waals surface area (Å²) in [7, 11) is 0. The van der Waals surface area contributed by atoms with Crippen molar-refractivity contribution >= 4 is 67.4 Å². The highest BCUT2D eigenvalue weighted by Crippen LogP contribution is 2.40. The Hall–Kier alpha value is -5.11. The first-order valence-corrected chi connectivity index (χ1v) is 15.2. The van der Waals surface area contributed by atoms with Gasteiger partial charge in [0.25, 0.3) is 0 Å². The van der Waals surface area contributed by atoms with Gasteiger partial charge in [0.1, 0.15) is 5.69 Å². The highest BCUT2D eigenvalue weighted by atomic mass is 32.1. The van der Waals surface area contributed by atoms with Crippen LogP contribution >= 0.6 is 22.7 Å². The summed E-state index contributed by atoms with van der Waals surface area (Å²) >= 11 is 3.55. The highest BCUT2D eigenvalue weighted by molar-refractivity contribution is 7.21. The molecule has 7 heteroatoms. The van der Waals surface area contributed by atoms with E-state index < -0.39 is 0 Å². The Bertz CT molecular complexity index is 2200. The van der Waals surface area contributed by atoms with Crippen LogP contribution in [0.1, 0.15) is 21.1 Å². The second-order valence-electron chi connectivity index (χ2n) is 9.92. The number of rotatable bonds is 6. The van der Waals surface area contributed by atoms with Gasteiger partial charge in [-0.25, -0.2) is 0 Å². The van der Waals surface area contributed by atoms with Crippen LogP contribution in [0, 0.1) is 0 Å². The van der Waals surface area contributed by atoms with Crippen LogP contribution in [0.4, 0.5) is 0 Å². The van der Waals surface area contributed by atoms with Crippen LogP contribution in [-0.2, 0) is 0 Å². The number of nitrogens with zero attached hydrogens (tertiary/aromatic N) is 3. The molecule has 0 atom stereocenters. The van der Waals surface area contributed by atoms with E-state index in [1.54, 1.807) is 28.9 Å². The monoisotopic (exact) mass is 577 g/mol. The standard InChI is InChI=1S/C35H23N5S2/c1-3-7-22(8-4-1)32-28(41-30-17-19-36-34(30)32)15-12-24-11-13-25-26(39-40-27(25)21-38-24)14-16-29-33(23-9-5-2-6-10-23)35-31(42-29)18-20-37-35/h1-21,36-37H/b15-12+,16-14+. The van der Waals surface area contributed by atoms with Crippen LogP contribution in [0.3, 0.4) is 0 Å². The zero-order chi connectivity index (χ0) is 27.9. The molecule has 4 aromatic heterocycles. The van der Waals surface area contributed by atoms with Gasteiger partial charge in [0.05, 0.1) is 38.0 Å². The predicted molar refractivity (Wildman–Crippen MR) is 178 cm³/mol. The van der Waals surface area contributed by atoms with Crippen molar-refractivity contribution in [1.82, 2.24) is 25.1 Å². The number of thiophene rings is 2. The molecule has 0 bridgehead atoms. The Labute approximate surface area is 249 Å². The zero-order valence-corrected chi connectivity index (χ0v) is 23.9. The summed E-state index contributed by atoms with van der Waals surface area (Å²) in [5.41, 5.74) is 10.6. The quantitative estimate of drug-likeness (QED) is 0.207. The fourth-order valence-corrected chi connectivity index (χ4v) is 7.56. The van der Waals surface area contributed by atoms with Crippen molar-refractivity contribution in [1.29, 1.82) is 0 Å². The molecular weight excluding hydrogens is 555 g/mol. The maximum Gasteiger partial charge on any atom is 0.113 e. The minimum Gasteiger partial charge on any atom is -0.360 e. The Morgan fingerprint density at radius 2 is 1.17 bits per heavy atom. The molecule has 0 aliphatic carbocycles. The molecular formula is C35H23N5S2. The van der Waals surface area contributed by atoms with Crippen molar-refractivity contribution < 1.29 is 0 Å². The smallest absolute Gasteiger partial charge is 0.113 e. The van der Waals surface area contributed by atoms with Crippen molar-refractivity contribution in [2.75, 3.05) is 0 Å². The molecule has 6 heterocycles. The molecule has 8 rings (SSSR count). The molecule has 0 spiro atoms. The third-order valence-electron chi connectivity index (χ3n) is 7.35. The van der Waals surface area contributed by atoms with E-state index in [-0.39, 0.29) is 0 Å². The molecule has 0 saturated heterocycles. The van der Waals surface area contributed by atoms with Crippen LogP contribution < -0.4 is 0 Å². The van der Waals surface area contributed by atoms with Crippen molar-refractivity contribution in [2.45, 2.75) is 0 Å². The van der Waals surface area contributed by atoms with Gasteiger partial charge in [0, 0.05) is 38.8 Å². The van der Waals surface area contributed by atoms with Gasteiger partial charge >= 0.3 is 0 Å². The van der Waals surface area contributed by atoms with E-state index >= 15 is 0 Å². The lowest BCUT2D eigenvalue weighted by Crippen LogP contribution is -1.79. The molecule has 200 valence electrons. The van der Waals surface area contributed by atoms with Gasteiger partial charge < -0.3 is 9.97 Å². The maximum atomic E-state index is 4.72. The summed E-state index contributed by atoms with van der Waals surface area (Å²) in [5.74, 6) is 0. The fraction of sp³-hybridized carbons (Fsp3) is 0. The van der Waals surface area contributed by atoms with Crippen LogP contribution in [0.5, 0.6) is 0 Å². The Kier molecular flexibility index (Phi) is 6.09. The van der Waals surface area contributed by atoms with Gasteiger partial charge in [-0.1, -0.05) is 60.7 Å². The van der Waals surface area contributed by atoms with Crippen LogP contribution in [0.15, 0.2) is 104 Å². The molecule has 2 N–H and O–H groups in total. The van der Waals surface area contributed by atoms with Crippen LogP contribution in [-0.4, -0.2) is 25.1 Å². The second kappa shape index (κ2) is 10.4. The van der Waals surface area contributed by atoms with E-state index in [1.807, 2.05) is 30.6 Å². The SMILES string of the molecule is C(=C\c1sc2cc[nH]c2c1-c1ccccc1)/c1ccc2c(/C=C/c3sc4cc[nH]c4c3-c3ccccc3)nnc-2cn1. The summed E-state index contributed by atoms with van der Waals surface area (Å²) in [5, 5.41) is 8.90. The van der Waals surface area contributed by atoms with E-state index in [2.05, 4.69) is 111 Å². The molecule has 0 unspecified atom stereocenters. The lowest BCUT2D eigenvalue weighted by molar-refractivity contribution is 1.08. The molecule has 0 saturated carbocycles. The fourth-order valence-electron chi connectivity index (χ4n) is 5.37. The average Bonchev–Trinajstić information content (AvgIpc) is 3.83. The first kappa shape index (κ1) is 24.7. The van der Waals surface area contributed by atoms with Gasteiger partial charge in [0.2, 0.25) is 0 Å². The first-order chi connectivity index (χ1) is 20.8. The van der Waals surface area contributed by atoms with Crippen molar-refractivity contribution in [3.05, 3.63) is 125 Å². The molecule has 42 heavy (non-hydrogen) atoms. The normalized spacial score (nSPS) is 12.1. The molecule has 6 aromatic rings. The summed E-state index contributed by atoms with van der Waals surface area (Å²) in [6.07, 6.45) is 14.2. The molecule has 2 aliphatic rings. The van der Waals surface area contributed by atoms with E-state index in [1.165, 1.54) is 46.9 Å². The van der Waals surface area contributed by atoms with Crippen molar-refractivity contribution in [3.8, 4) is 33.5 Å². The largest absolute Gasteiger partial charge is 0.360 e. The van der Waals surface area contributed by atoms with Crippen molar-refractivity contribution in [3.63, 3.8) is 0 Å². The molecule has 0 amide bonds. The second-order valence-corrected chi connectivity index (χ2v) is 12.1. The number of nitrogens with one attached hydrogen (secondary N) is 2. The maximum absolute atomic E-state index is 4.72. The minimum atomic E-state index is 0.769. The van der Waals surface area contributed by atoms with Gasteiger partial charge in [0.15, 0.2) is 0 Å². The Morgan fingerprint density at radius 1 is 0.571 bits per heavy atom. The number of H-pyrrole nitrogens is 2. The highest BCUT2D eigenvalue weighted by Gasteiger charge is 2.16. The van der Waals surface area contributed by atoms with Gasteiger partial charge in [-0.05, 0) is 59.7 Å². The number of fused-ring (bicyclic) bond motifs is 3. The lowest BCUT2D eigenvalue weighted by Gasteiger charge is -2.01. The predicted octanol–water partition coefficient (Wildman–Crippen LogP) is 9.74. The first-order valence-electron chi connectivity index (χ1n) is 13.6. The summed E-state index contributed by atoms with van der Waals surface area (Å²) < 4.78 is 2.47. The number of aromatic nitrogens is 5. The summed E-state index contributed by atoms with van der Waals surface area (Å²) in [6, 6.07) is 29.4. The van der Waals surface area contributed by atoms with Gasteiger partial charge in [-0.2, -0.15) is 0 Å². The third-order valence-corrected chi connectivity index (χ3v) is 9.59. The topological polar surface area (TPSA) is 70.2 Å². The van der Waals surface area contributed by atoms with E-state index in [4.69, 9.17) is 4.98 Å². The van der Waals surface area contributed by atoms with Crippen molar-refractivity contribution in [2.24, 2.45) is 0 Å². The third kappa shape index (κ3) is 4.36. The van der Waals surface area contributed by atoms with Gasteiger partial charge in [-0.15, -0.1) is 32.9 Å². The Balaban J connectivity index is 1.12. The van der Waals surface area contributed by atoms with Gasteiger partial charge in [-0.3, -0.25) is 4.98 Å². The Morgan fingerprint density at radius 3 is 1.79 bits per heavy atom. The molecule has 5 nitrogen and oxygen atoms in total. The van der Waals surface area contributed by atoms with Crippen LogP contribution in [0.25, 0.3) is 78.2 Å². The molecule has 0 radical (unpaired) electrons.